The fraction of sp³-hybridized carbons (Fsp3) is 1.00. The standard InChI is InChI=1S/C14H30NO12P/c1-7-11(19)13(21)10(5-17)27-14(7)26-9(4-16)12(20)8(18)6-25-28(22,23)24-3-2-15/h7-14,16-21H,2-6,15H2,1H3,(H,22,23)/t7?,8-,9+,10?,11+,12-,13+,14?/m0/s1. The van der Waals surface area contributed by atoms with E-state index in [1.807, 2.05) is 0 Å². The number of phosphoric ester groups is 1. The molecule has 1 aliphatic heterocycles. The topological polar surface area (TPSA) is 222 Å². The number of hydrogen-bond acceptors (Lipinski definition) is 12. The molecule has 168 valence electrons. The molecule has 4 unspecified atom stereocenters. The number of hydrogen-bond donors (Lipinski definition) is 8. The average molecular weight is 435 g/mol. The van der Waals surface area contributed by atoms with Crippen LogP contribution in [0.3, 0.4) is 0 Å². The molecule has 1 aliphatic rings. The van der Waals surface area contributed by atoms with Crippen LogP contribution in [0, 0.1) is 5.92 Å². The van der Waals surface area contributed by atoms with Gasteiger partial charge in [-0.3, -0.25) is 9.05 Å². The molecule has 1 saturated heterocycles. The highest BCUT2D eigenvalue weighted by Gasteiger charge is 2.44. The van der Waals surface area contributed by atoms with Crippen molar-refractivity contribution in [2.75, 3.05) is 33.0 Å². The van der Waals surface area contributed by atoms with Gasteiger partial charge in [-0.15, -0.1) is 0 Å². The monoisotopic (exact) mass is 435 g/mol. The molecule has 0 radical (unpaired) electrons. The van der Waals surface area contributed by atoms with Crippen LogP contribution >= 0.6 is 7.82 Å². The second kappa shape index (κ2) is 11.8. The lowest BCUT2D eigenvalue weighted by Crippen LogP contribution is -2.57. The van der Waals surface area contributed by atoms with Crippen molar-refractivity contribution in [3.05, 3.63) is 0 Å². The van der Waals surface area contributed by atoms with Gasteiger partial charge in [0, 0.05) is 12.5 Å². The zero-order chi connectivity index (χ0) is 21.5. The van der Waals surface area contributed by atoms with Crippen LogP contribution < -0.4 is 5.73 Å². The summed E-state index contributed by atoms with van der Waals surface area (Å²) in [7, 11) is -4.48. The number of aliphatic hydroxyl groups excluding tert-OH is 6. The third-order valence-electron chi connectivity index (χ3n) is 4.23. The van der Waals surface area contributed by atoms with E-state index in [1.165, 1.54) is 6.92 Å². The quantitative estimate of drug-likeness (QED) is 0.138. The lowest BCUT2D eigenvalue weighted by Gasteiger charge is -2.42. The fourth-order valence-corrected chi connectivity index (χ4v) is 3.25. The third kappa shape index (κ3) is 7.22. The van der Waals surface area contributed by atoms with Gasteiger partial charge in [0.05, 0.1) is 32.5 Å². The van der Waals surface area contributed by atoms with E-state index in [9.17, 15) is 40.1 Å². The van der Waals surface area contributed by atoms with Crippen molar-refractivity contribution in [2.24, 2.45) is 11.7 Å². The normalized spacial score (nSPS) is 33.8. The van der Waals surface area contributed by atoms with Crippen molar-refractivity contribution >= 4 is 7.82 Å². The van der Waals surface area contributed by atoms with Crippen LogP contribution in [0.5, 0.6) is 0 Å². The lowest BCUT2D eigenvalue weighted by molar-refractivity contribution is -0.306. The Bertz CT molecular complexity index is 497. The maximum absolute atomic E-state index is 11.5. The summed E-state index contributed by atoms with van der Waals surface area (Å²) in [6.45, 7) is -1.03. The highest BCUT2D eigenvalue weighted by atomic mass is 31.2. The molecule has 13 nitrogen and oxygen atoms in total. The number of nitrogens with two attached hydrogens (primary N) is 1. The molecule has 9 N–H and O–H groups in total. The SMILES string of the molecule is CC1C(O[C@H](CO)[C@@H](O)[C@@H](O)COP(=O)(O)OCCN)OC(CO)[C@@H](O)[C@@H]1O. The summed E-state index contributed by atoms with van der Waals surface area (Å²) in [6, 6.07) is 0. The molecule has 9 atom stereocenters. The number of phosphoric acid groups is 1. The zero-order valence-electron chi connectivity index (χ0n) is 15.4. The van der Waals surface area contributed by atoms with Gasteiger partial charge < -0.3 is 50.7 Å². The maximum atomic E-state index is 11.5. The zero-order valence-corrected chi connectivity index (χ0v) is 16.2. The van der Waals surface area contributed by atoms with Crippen LogP contribution in [0.15, 0.2) is 0 Å². The summed E-state index contributed by atoms with van der Waals surface area (Å²) >= 11 is 0. The van der Waals surface area contributed by atoms with E-state index < -0.39 is 76.5 Å². The summed E-state index contributed by atoms with van der Waals surface area (Å²) in [5.74, 6) is -0.797. The Morgan fingerprint density at radius 2 is 1.82 bits per heavy atom. The van der Waals surface area contributed by atoms with E-state index in [4.69, 9.17) is 15.2 Å². The highest BCUT2D eigenvalue weighted by Crippen LogP contribution is 2.43. The Morgan fingerprint density at radius 1 is 1.18 bits per heavy atom. The molecule has 1 heterocycles. The molecule has 0 bridgehead atoms. The van der Waals surface area contributed by atoms with E-state index in [0.29, 0.717) is 0 Å². The number of rotatable bonds is 12. The smallest absolute Gasteiger partial charge is 0.394 e. The van der Waals surface area contributed by atoms with Crippen LogP contribution in [0.25, 0.3) is 0 Å². The molecular formula is C14H30NO12P. The van der Waals surface area contributed by atoms with Gasteiger partial charge in [0.2, 0.25) is 0 Å². The lowest BCUT2D eigenvalue weighted by atomic mass is 9.92. The van der Waals surface area contributed by atoms with E-state index in [0.717, 1.165) is 0 Å². The Morgan fingerprint density at radius 3 is 2.36 bits per heavy atom. The third-order valence-corrected chi connectivity index (χ3v) is 5.22. The Labute approximate surface area is 161 Å². The summed E-state index contributed by atoms with van der Waals surface area (Å²) in [4.78, 5) is 9.37. The molecule has 0 amide bonds. The molecule has 14 heteroatoms. The van der Waals surface area contributed by atoms with Crippen molar-refractivity contribution in [3.8, 4) is 0 Å². The van der Waals surface area contributed by atoms with Gasteiger partial charge in [-0.1, -0.05) is 6.92 Å². The van der Waals surface area contributed by atoms with E-state index in [2.05, 4.69) is 9.05 Å². The molecule has 0 saturated carbocycles. The average Bonchev–Trinajstić information content (AvgIpc) is 2.68. The Kier molecular flexibility index (Phi) is 10.9. The van der Waals surface area contributed by atoms with Crippen molar-refractivity contribution in [3.63, 3.8) is 0 Å². The van der Waals surface area contributed by atoms with Crippen LogP contribution in [0.1, 0.15) is 6.92 Å². The Hall–Kier alpha value is -0.250. The number of ether oxygens (including phenoxy) is 2. The van der Waals surface area contributed by atoms with Crippen LogP contribution in [0.4, 0.5) is 0 Å². The molecule has 0 aliphatic carbocycles. The molecule has 28 heavy (non-hydrogen) atoms. The molecule has 1 fully saturated rings. The van der Waals surface area contributed by atoms with Gasteiger partial charge >= 0.3 is 7.82 Å². The first-order valence-corrected chi connectivity index (χ1v) is 10.1. The maximum Gasteiger partial charge on any atom is 0.472 e. The molecule has 0 aromatic carbocycles. The van der Waals surface area contributed by atoms with Gasteiger partial charge in [-0.25, -0.2) is 4.57 Å². The minimum atomic E-state index is -4.48. The van der Waals surface area contributed by atoms with E-state index >= 15 is 0 Å². The largest absolute Gasteiger partial charge is 0.472 e. The first-order chi connectivity index (χ1) is 13.1. The molecule has 0 aromatic heterocycles. The van der Waals surface area contributed by atoms with Gasteiger partial charge in [-0.05, 0) is 0 Å². The molecular weight excluding hydrogens is 405 g/mol. The molecule has 1 rings (SSSR count). The predicted molar refractivity (Wildman–Crippen MR) is 91.7 cm³/mol. The summed E-state index contributed by atoms with van der Waals surface area (Å²) in [6.07, 6.45) is -10.00. The van der Waals surface area contributed by atoms with E-state index in [1.54, 1.807) is 0 Å². The fourth-order valence-electron chi connectivity index (χ4n) is 2.50. The molecule has 0 spiro atoms. The van der Waals surface area contributed by atoms with Crippen LogP contribution in [-0.2, 0) is 23.1 Å². The Balaban J connectivity index is 2.66. The summed E-state index contributed by atoms with van der Waals surface area (Å²) < 4.78 is 31.2. The molecule has 0 aromatic rings. The second-order valence-electron chi connectivity index (χ2n) is 6.37. The minimum absolute atomic E-state index is 0.0333. The van der Waals surface area contributed by atoms with Gasteiger partial charge in [0.15, 0.2) is 6.29 Å². The highest BCUT2D eigenvalue weighted by molar-refractivity contribution is 7.47. The predicted octanol–water partition coefficient (Wildman–Crippen LogP) is -3.75. The van der Waals surface area contributed by atoms with Crippen molar-refractivity contribution in [1.29, 1.82) is 0 Å². The van der Waals surface area contributed by atoms with E-state index in [-0.39, 0.29) is 13.2 Å². The summed E-state index contributed by atoms with van der Waals surface area (Å²) in [5.41, 5.74) is 5.13. The van der Waals surface area contributed by atoms with Crippen molar-refractivity contribution in [2.45, 2.75) is 49.8 Å². The minimum Gasteiger partial charge on any atom is -0.394 e. The van der Waals surface area contributed by atoms with Crippen LogP contribution in [-0.4, -0.2) is 111 Å². The second-order valence-corrected chi connectivity index (χ2v) is 7.82. The van der Waals surface area contributed by atoms with Crippen LogP contribution in [0.2, 0.25) is 0 Å². The number of aliphatic hydroxyl groups is 6. The first kappa shape index (κ1) is 25.8. The first-order valence-electron chi connectivity index (χ1n) is 8.64. The summed E-state index contributed by atoms with van der Waals surface area (Å²) in [5, 5.41) is 58.6. The van der Waals surface area contributed by atoms with Gasteiger partial charge in [-0.2, -0.15) is 0 Å². The van der Waals surface area contributed by atoms with Gasteiger partial charge in [0.1, 0.15) is 30.5 Å². The van der Waals surface area contributed by atoms with Crippen molar-refractivity contribution < 1.29 is 58.6 Å². The van der Waals surface area contributed by atoms with Gasteiger partial charge in [0.25, 0.3) is 0 Å². The van der Waals surface area contributed by atoms with Crippen molar-refractivity contribution in [1.82, 2.24) is 0 Å².